The molecule has 6 rings (SSSR count). The molecule has 2 aromatic carbocycles. The summed E-state index contributed by atoms with van der Waals surface area (Å²) in [7, 11) is -8.59. The van der Waals surface area contributed by atoms with Crippen LogP contribution >= 0.6 is 0 Å². The van der Waals surface area contributed by atoms with Crippen LogP contribution in [-0.4, -0.2) is 71.1 Å². The second kappa shape index (κ2) is 13.7. The molecule has 49 heavy (non-hydrogen) atoms. The number of nitrogen functional groups attached to an aromatic ring is 2. The molecule has 0 unspecified atom stereocenters. The van der Waals surface area contributed by atoms with E-state index in [-0.39, 0.29) is 40.6 Å². The normalized spacial score (nSPS) is 14.3. The summed E-state index contributed by atoms with van der Waals surface area (Å²) in [5, 5.41) is -0.179. The van der Waals surface area contributed by atoms with Gasteiger partial charge >= 0.3 is 5.97 Å². The van der Waals surface area contributed by atoms with Gasteiger partial charge in [0.15, 0.2) is 5.82 Å². The molecule has 1 fully saturated rings. The van der Waals surface area contributed by atoms with E-state index in [1.165, 1.54) is 6.20 Å². The number of pyridine rings is 1. The summed E-state index contributed by atoms with van der Waals surface area (Å²) in [4.78, 5) is 35.6. The maximum Gasteiger partial charge on any atom is 0.343 e. The molecule has 3 heterocycles. The van der Waals surface area contributed by atoms with Gasteiger partial charge < -0.3 is 25.7 Å². The van der Waals surface area contributed by atoms with E-state index < -0.39 is 54.8 Å². The number of esters is 1. The number of halogens is 2. The molecule has 0 saturated heterocycles. The van der Waals surface area contributed by atoms with Gasteiger partial charge in [-0.05, 0) is 55.5 Å². The highest BCUT2D eigenvalue weighted by Gasteiger charge is 2.31. The van der Waals surface area contributed by atoms with Gasteiger partial charge in [0.1, 0.15) is 17.2 Å². The molecular weight excluding hydrogens is 690 g/mol. The summed E-state index contributed by atoms with van der Waals surface area (Å²) in [5.74, 6) is -4.06. The van der Waals surface area contributed by atoms with Crippen molar-refractivity contribution in [3.63, 3.8) is 0 Å². The second-order valence-corrected chi connectivity index (χ2v) is 14.5. The number of hydrogen-bond acceptors (Lipinski definition) is 12. The lowest BCUT2D eigenvalue weighted by Crippen LogP contribution is -2.22. The van der Waals surface area contributed by atoms with E-state index in [1.54, 1.807) is 29.8 Å². The fourth-order valence-corrected chi connectivity index (χ4v) is 7.15. The molecule has 1 aliphatic carbocycles. The lowest BCUT2D eigenvalue weighted by molar-refractivity contribution is 0.0524. The van der Waals surface area contributed by atoms with Gasteiger partial charge in [0.25, 0.3) is 20.2 Å². The van der Waals surface area contributed by atoms with Crippen molar-refractivity contribution in [2.75, 3.05) is 41.0 Å². The molecular formula is C30H32F2N6O9S2. The van der Waals surface area contributed by atoms with Crippen LogP contribution in [0.2, 0.25) is 0 Å². The lowest BCUT2D eigenvalue weighted by Gasteiger charge is -2.20. The maximum absolute atomic E-state index is 16.2. The van der Waals surface area contributed by atoms with Crippen molar-refractivity contribution in [2.24, 2.45) is 0 Å². The number of hydrogen-bond donors (Lipinski definition) is 4. The van der Waals surface area contributed by atoms with Crippen LogP contribution in [0.4, 0.5) is 26.2 Å². The molecule has 4 aromatic rings. The van der Waals surface area contributed by atoms with E-state index in [0.29, 0.717) is 30.9 Å². The number of nitrogens with zero attached hydrogens (tertiary/aromatic N) is 4. The molecule has 0 spiro atoms. The summed E-state index contributed by atoms with van der Waals surface area (Å²) in [5.41, 5.74) is 13.3. The predicted molar refractivity (Wildman–Crippen MR) is 176 cm³/mol. The first-order valence-corrected chi connectivity index (χ1v) is 18.1. The van der Waals surface area contributed by atoms with Gasteiger partial charge in [0, 0.05) is 42.8 Å². The van der Waals surface area contributed by atoms with Crippen molar-refractivity contribution >= 4 is 54.6 Å². The zero-order valence-electron chi connectivity index (χ0n) is 26.0. The highest BCUT2D eigenvalue weighted by atomic mass is 32.2. The molecule has 0 atom stereocenters. The van der Waals surface area contributed by atoms with Gasteiger partial charge in [0.05, 0.1) is 34.6 Å². The monoisotopic (exact) mass is 722 g/mol. The van der Waals surface area contributed by atoms with E-state index in [0.717, 1.165) is 35.7 Å². The number of fused-ring (bicyclic) bond motifs is 2. The lowest BCUT2D eigenvalue weighted by atomic mass is 9.98. The van der Waals surface area contributed by atoms with E-state index >= 15 is 8.78 Å². The molecule has 1 saturated carbocycles. The Morgan fingerprint density at radius 1 is 1.08 bits per heavy atom. The Labute approximate surface area is 279 Å². The SMILES string of the molecule is CCOC(=O)c1cn(C2CC2)c2c(F)c(-c3ccc4c(c3)CCN4Cc3cnc(N)nc3N)c(F)cc2c1=O.O=S(=O)(O)CCS(=O)(=O)O. The van der Waals surface area contributed by atoms with Crippen LogP contribution in [0, 0.1) is 11.6 Å². The number of carbonyl (C=O) groups is 1. The van der Waals surface area contributed by atoms with Gasteiger partial charge in [-0.25, -0.2) is 18.6 Å². The number of rotatable bonds is 9. The molecule has 6 N–H and O–H groups in total. The van der Waals surface area contributed by atoms with Crippen molar-refractivity contribution in [1.29, 1.82) is 0 Å². The minimum atomic E-state index is -4.30. The third kappa shape index (κ3) is 8.12. The summed E-state index contributed by atoms with van der Waals surface area (Å²) in [6.07, 6.45) is 5.15. The van der Waals surface area contributed by atoms with Crippen LogP contribution in [0.5, 0.6) is 0 Å². The van der Waals surface area contributed by atoms with Gasteiger partial charge in [-0.15, -0.1) is 0 Å². The van der Waals surface area contributed by atoms with Crippen LogP contribution in [0.15, 0.2) is 41.5 Å². The zero-order chi connectivity index (χ0) is 35.8. The second-order valence-electron chi connectivity index (χ2n) is 11.4. The first-order valence-electron chi connectivity index (χ1n) is 14.9. The predicted octanol–water partition coefficient (Wildman–Crippen LogP) is 2.74. The Balaban J connectivity index is 0.000000409. The Hall–Kier alpha value is -4.72. The highest BCUT2D eigenvalue weighted by Crippen LogP contribution is 2.41. The standard InChI is InChI=1S/C28H26F2N6O3.C2H6O6S2/c1-2-39-27(38)19-13-36(17-4-5-17)24-18(25(19)37)10-20(29)22(23(24)30)15-3-6-21-14(9-15)7-8-35(21)12-16-11-33-28(32)34-26(16)31;3-9(4,5)1-2-10(6,7)8/h3,6,9-11,13,17H,2,4-5,7-8,12H2,1H3,(H4,31,32,33,34);1-2H2,(H,3,4,5)(H,6,7,8). The smallest absolute Gasteiger partial charge is 0.343 e. The average Bonchev–Trinajstić information content (AvgIpc) is 3.78. The minimum Gasteiger partial charge on any atom is -0.462 e. The quantitative estimate of drug-likeness (QED) is 0.144. The topological polar surface area (TPSA) is 238 Å². The number of benzene rings is 2. The third-order valence-electron chi connectivity index (χ3n) is 7.88. The molecule has 1 aliphatic heterocycles. The average molecular weight is 723 g/mol. The molecule has 0 amide bonds. The summed E-state index contributed by atoms with van der Waals surface area (Å²) in [6, 6.07) is 6.22. The number of anilines is 3. The molecule has 15 nitrogen and oxygen atoms in total. The minimum absolute atomic E-state index is 0.00657. The summed E-state index contributed by atoms with van der Waals surface area (Å²) >= 11 is 0. The van der Waals surface area contributed by atoms with E-state index in [9.17, 15) is 26.4 Å². The van der Waals surface area contributed by atoms with Crippen molar-refractivity contribution < 1.29 is 44.3 Å². The molecule has 0 radical (unpaired) electrons. The van der Waals surface area contributed by atoms with E-state index in [4.69, 9.17) is 25.3 Å². The zero-order valence-corrected chi connectivity index (χ0v) is 27.6. The van der Waals surface area contributed by atoms with Crippen LogP contribution < -0.4 is 21.8 Å². The molecule has 2 aliphatic rings. The van der Waals surface area contributed by atoms with Gasteiger partial charge in [0.2, 0.25) is 11.4 Å². The number of aromatic nitrogens is 3. The molecule has 2 aromatic heterocycles. The number of nitrogens with two attached hydrogens (primary N) is 2. The van der Waals surface area contributed by atoms with Crippen molar-refractivity contribution in [1.82, 2.24) is 14.5 Å². The highest BCUT2D eigenvalue weighted by molar-refractivity contribution is 7.89. The van der Waals surface area contributed by atoms with Crippen molar-refractivity contribution in [3.8, 4) is 11.1 Å². The first-order chi connectivity index (χ1) is 23.0. The fraction of sp³-hybridized carbons (Fsp3) is 0.333. The Kier molecular flexibility index (Phi) is 9.91. The van der Waals surface area contributed by atoms with E-state index in [1.807, 2.05) is 6.07 Å². The van der Waals surface area contributed by atoms with Crippen LogP contribution in [0.25, 0.3) is 22.0 Å². The van der Waals surface area contributed by atoms with Crippen LogP contribution in [0.3, 0.4) is 0 Å². The summed E-state index contributed by atoms with van der Waals surface area (Å²) in [6.45, 7) is 2.86. The fourth-order valence-electron chi connectivity index (χ4n) is 5.46. The third-order valence-corrected chi connectivity index (χ3v) is 9.58. The molecule has 19 heteroatoms. The number of ether oxygens (including phenoxy) is 1. The van der Waals surface area contributed by atoms with Gasteiger partial charge in [-0.2, -0.15) is 21.8 Å². The van der Waals surface area contributed by atoms with Gasteiger partial charge in [-0.1, -0.05) is 6.07 Å². The van der Waals surface area contributed by atoms with Crippen LogP contribution in [-0.2, 0) is 37.9 Å². The molecule has 0 bridgehead atoms. The van der Waals surface area contributed by atoms with Crippen molar-refractivity contribution in [2.45, 2.75) is 38.8 Å². The first kappa shape index (κ1) is 35.6. The largest absolute Gasteiger partial charge is 0.462 e. The van der Waals surface area contributed by atoms with Crippen LogP contribution in [0.1, 0.15) is 47.3 Å². The number of carbonyl (C=O) groups excluding carboxylic acids is 1. The van der Waals surface area contributed by atoms with Crippen molar-refractivity contribution in [3.05, 3.63) is 75.2 Å². The van der Waals surface area contributed by atoms with Gasteiger partial charge in [-0.3, -0.25) is 13.9 Å². The molecule has 262 valence electrons. The summed E-state index contributed by atoms with van der Waals surface area (Å²) < 4.78 is 93.6. The Morgan fingerprint density at radius 3 is 2.35 bits per heavy atom. The Morgan fingerprint density at radius 2 is 1.76 bits per heavy atom. The van der Waals surface area contributed by atoms with E-state index in [2.05, 4.69) is 14.9 Å². The maximum atomic E-state index is 16.2. The Bertz CT molecular complexity index is 2210.